The monoisotopic (exact) mass is 323 g/mol. The Balaban J connectivity index is 2.08. The van der Waals surface area contributed by atoms with Gasteiger partial charge < -0.3 is 14.8 Å². The van der Waals surface area contributed by atoms with Gasteiger partial charge in [-0.2, -0.15) is 0 Å². The van der Waals surface area contributed by atoms with Gasteiger partial charge in [-0.3, -0.25) is 4.79 Å². The van der Waals surface area contributed by atoms with Crippen LogP contribution in [0.15, 0.2) is 36.4 Å². The van der Waals surface area contributed by atoms with Gasteiger partial charge in [0.1, 0.15) is 5.82 Å². The first-order chi connectivity index (χ1) is 10.5. The average molecular weight is 324 g/mol. The lowest BCUT2D eigenvalue weighted by Gasteiger charge is -2.11. The summed E-state index contributed by atoms with van der Waals surface area (Å²) in [5.74, 6) is 0.214. The van der Waals surface area contributed by atoms with Crippen LogP contribution in [-0.2, 0) is 11.2 Å². The maximum atomic E-state index is 13.7. The molecular formula is C16H15ClFNO3. The molecule has 22 heavy (non-hydrogen) atoms. The van der Waals surface area contributed by atoms with Gasteiger partial charge in [0, 0.05) is 16.8 Å². The molecule has 2 aromatic carbocycles. The number of carbonyl (C=O) groups excluding carboxylic acids is 1. The molecule has 0 saturated carbocycles. The van der Waals surface area contributed by atoms with E-state index in [1.807, 2.05) is 0 Å². The molecule has 0 atom stereocenters. The minimum absolute atomic E-state index is 0.0860. The lowest BCUT2D eigenvalue weighted by atomic mass is 10.1. The van der Waals surface area contributed by atoms with Crippen molar-refractivity contribution in [2.24, 2.45) is 0 Å². The fraction of sp³-hybridized carbons (Fsp3) is 0.188. The van der Waals surface area contributed by atoms with E-state index in [-0.39, 0.29) is 17.9 Å². The molecule has 0 aliphatic heterocycles. The van der Waals surface area contributed by atoms with E-state index in [0.29, 0.717) is 22.2 Å². The molecule has 0 aliphatic carbocycles. The summed E-state index contributed by atoms with van der Waals surface area (Å²) in [6, 6.07) is 9.21. The Labute approximate surface area is 132 Å². The number of amides is 1. The van der Waals surface area contributed by atoms with Gasteiger partial charge in [0.2, 0.25) is 5.91 Å². The number of hydrogen-bond acceptors (Lipinski definition) is 3. The predicted octanol–water partition coefficient (Wildman–Crippen LogP) is 3.68. The molecule has 0 heterocycles. The highest BCUT2D eigenvalue weighted by Crippen LogP contribution is 2.29. The van der Waals surface area contributed by atoms with Crippen LogP contribution in [0.4, 0.5) is 10.1 Å². The van der Waals surface area contributed by atoms with Gasteiger partial charge in [-0.1, -0.05) is 17.7 Å². The van der Waals surface area contributed by atoms with E-state index in [1.165, 1.54) is 26.4 Å². The number of methoxy groups -OCH3 is 2. The van der Waals surface area contributed by atoms with Gasteiger partial charge in [0.25, 0.3) is 0 Å². The number of hydrogen-bond donors (Lipinski definition) is 1. The summed E-state index contributed by atoms with van der Waals surface area (Å²) in [7, 11) is 3.03. The van der Waals surface area contributed by atoms with Gasteiger partial charge in [-0.05, 0) is 29.8 Å². The van der Waals surface area contributed by atoms with Crippen molar-refractivity contribution in [1.82, 2.24) is 0 Å². The van der Waals surface area contributed by atoms with Gasteiger partial charge >= 0.3 is 0 Å². The molecule has 2 aromatic rings. The van der Waals surface area contributed by atoms with Gasteiger partial charge in [0.15, 0.2) is 11.5 Å². The van der Waals surface area contributed by atoms with E-state index >= 15 is 0 Å². The standard InChI is InChI=1S/C16H15ClFNO3/c1-21-14-6-5-12(9-15(14)22-2)19-16(20)7-10-3-4-11(17)8-13(10)18/h3-6,8-9H,7H2,1-2H3,(H,19,20). The summed E-state index contributed by atoms with van der Waals surface area (Å²) in [4.78, 5) is 12.0. The van der Waals surface area contributed by atoms with Gasteiger partial charge in [-0.25, -0.2) is 4.39 Å². The highest BCUT2D eigenvalue weighted by Gasteiger charge is 2.11. The maximum absolute atomic E-state index is 13.7. The summed E-state index contributed by atoms with van der Waals surface area (Å²) in [5, 5.41) is 2.98. The van der Waals surface area contributed by atoms with Crippen LogP contribution in [0.1, 0.15) is 5.56 Å². The Morgan fingerprint density at radius 3 is 2.50 bits per heavy atom. The van der Waals surface area contributed by atoms with E-state index < -0.39 is 5.82 Å². The van der Waals surface area contributed by atoms with Crippen molar-refractivity contribution in [2.45, 2.75) is 6.42 Å². The molecule has 0 aliphatic rings. The molecule has 0 radical (unpaired) electrons. The van der Waals surface area contributed by atoms with Crippen molar-refractivity contribution in [3.63, 3.8) is 0 Å². The van der Waals surface area contributed by atoms with Crippen LogP contribution in [0.5, 0.6) is 11.5 Å². The molecule has 1 amide bonds. The Morgan fingerprint density at radius 2 is 1.86 bits per heavy atom. The molecule has 0 aromatic heterocycles. The van der Waals surface area contributed by atoms with Crippen LogP contribution in [0.3, 0.4) is 0 Å². The summed E-state index contributed by atoms with van der Waals surface area (Å²) in [6.45, 7) is 0. The lowest BCUT2D eigenvalue weighted by Crippen LogP contribution is -2.15. The zero-order valence-electron chi connectivity index (χ0n) is 12.2. The third-order valence-corrected chi connectivity index (χ3v) is 3.27. The van der Waals surface area contributed by atoms with E-state index in [4.69, 9.17) is 21.1 Å². The topological polar surface area (TPSA) is 47.6 Å². The number of ether oxygens (including phenoxy) is 2. The largest absolute Gasteiger partial charge is 0.493 e. The molecule has 0 unspecified atom stereocenters. The molecule has 0 saturated heterocycles. The zero-order valence-corrected chi connectivity index (χ0v) is 12.9. The highest BCUT2D eigenvalue weighted by molar-refractivity contribution is 6.30. The van der Waals surface area contributed by atoms with Crippen LogP contribution in [0.25, 0.3) is 0 Å². The van der Waals surface area contributed by atoms with Crippen LogP contribution < -0.4 is 14.8 Å². The maximum Gasteiger partial charge on any atom is 0.228 e. The molecule has 0 spiro atoms. The minimum atomic E-state index is -0.505. The van der Waals surface area contributed by atoms with Crippen LogP contribution in [0, 0.1) is 5.82 Å². The van der Waals surface area contributed by atoms with E-state index in [1.54, 1.807) is 24.3 Å². The number of benzene rings is 2. The molecule has 1 N–H and O–H groups in total. The first kappa shape index (κ1) is 16.1. The molecule has 0 bridgehead atoms. The van der Waals surface area contributed by atoms with Crippen molar-refractivity contribution in [3.05, 3.63) is 52.8 Å². The number of nitrogens with one attached hydrogen (secondary N) is 1. The van der Waals surface area contributed by atoms with Crippen molar-refractivity contribution >= 4 is 23.2 Å². The molecule has 4 nitrogen and oxygen atoms in total. The van der Waals surface area contributed by atoms with Crippen molar-refractivity contribution in [1.29, 1.82) is 0 Å². The fourth-order valence-electron chi connectivity index (χ4n) is 1.96. The smallest absolute Gasteiger partial charge is 0.228 e. The first-order valence-electron chi connectivity index (χ1n) is 6.49. The SMILES string of the molecule is COc1ccc(NC(=O)Cc2ccc(Cl)cc2F)cc1OC. The summed E-state index contributed by atoms with van der Waals surface area (Å²) >= 11 is 5.68. The van der Waals surface area contributed by atoms with E-state index in [0.717, 1.165) is 0 Å². The number of rotatable bonds is 5. The number of carbonyl (C=O) groups is 1. The molecule has 0 fully saturated rings. The Morgan fingerprint density at radius 1 is 1.14 bits per heavy atom. The summed E-state index contributed by atoms with van der Waals surface area (Å²) < 4.78 is 23.9. The van der Waals surface area contributed by atoms with Crippen molar-refractivity contribution in [3.8, 4) is 11.5 Å². The lowest BCUT2D eigenvalue weighted by molar-refractivity contribution is -0.115. The van der Waals surface area contributed by atoms with E-state index in [2.05, 4.69) is 5.32 Å². The molecular weight excluding hydrogens is 309 g/mol. The highest BCUT2D eigenvalue weighted by atomic mass is 35.5. The van der Waals surface area contributed by atoms with Gasteiger partial charge in [-0.15, -0.1) is 0 Å². The second-order valence-corrected chi connectivity index (χ2v) is 4.97. The number of anilines is 1. The van der Waals surface area contributed by atoms with Gasteiger partial charge in [0.05, 0.1) is 20.6 Å². The van der Waals surface area contributed by atoms with E-state index in [9.17, 15) is 9.18 Å². The normalized spacial score (nSPS) is 10.2. The summed E-state index contributed by atoms with van der Waals surface area (Å²) in [6.07, 6.45) is -0.0860. The number of halogens is 2. The third-order valence-electron chi connectivity index (χ3n) is 3.03. The Bertz CT molecular complexity index is 691. The summed E-state index contributed by atoms with van der Waals surface area (Å²) in [5.41, 5.74) is 0.819. The Kier molecular flexibility index (Phi) is 5.22. The predicted molar refractivity (Wildman–Crippen MR) is 83.3 cm³/mol. The minimum Gasteiger partial charge on any atom is -0.493 e. The fourth-order valence-corrected chi connectivity index (χ4v) is 2.12. The van der Waals surface area contributed by atoms with Crippen molar-refractivity contribution in [2.75, 3.05) is 19.5 Å². The first-order valence-corrected chi connectivity index (χ1v) is 6.87. The second kappa shape index (κ2) is 7.13. The third kappa shape index (κ3) is 3.89. The van der Waals surface area contributed by atoms with Crippen LogP contribution in [0.2, 0.25) is 5.02 Å². The van der Waals surface area contributed by atoms with Crippen molar-refractivity contribution < 1.29 is 18.7 Å². The second-order valence-electron chi connectivity index (χ2n) is 4.53. The zero-order chi connectivity index (χ0) is 16.1. The molecule has 2 rings (SSSR count). The van der Waals surface area contributed by atoms with Crippen LogP contribution >= 0.6 is 11.6 Å². The Hall–Kier alpha value is -2.27. The molecule has 6 heteroatoms. The molecule has 116 valence electrons. The van der Waals surface area contributed by atoms with Crippen LogP contribution in [-0.4, -0.2) is 20.1 Å². The quantitative estimate of drug-likeness (QED) is 0.913. The average Bonchev–Trinajstić information content (AvgIpc) is 2.50.